The average Bonchev–Trinajstić information content (AvgIpc) is 2.30. The van der Waals surface area contributed by atoms with E-state index in [0.29, 0.717) is 19.4 Å². The first-order valence-electron chi connectivity index (χ1n) is 5.75. The van der Waals surface area contributed by atoms with Crippen LogP contribution in [-0.2, 0) is 6.42 Å². The molecule has 1 aliphatic heterocycles. The number of hydrogen-bond acceptors (Lipinski definition) is 2. The molecular weight excluding hydrogens is 205 g/mol. The quantitative estimate of drug-likeness (QED) is 0.849. The van der Waals surface area contributed by atoms with Crippen LogP contribution in [0.25, 0.3) is 0 Å². The van der Waals surface area contributed by atoms with E-state index < -0.39 is 5.67 Å². The normalized spacial score (nSPS) is 25.4. The van der Waals surface area contributed by atoms with Gasteiger partial charge in [0, 0.05) is 13.0 Å². The fourth-order valence-electron chi connectivity index (χ4n) is 2.27. The summed E-state index contributed by atoms with van der Waals surface area (Å²) in [6, 6.07) is 7.66. The summed E-state index contributed by atoms with van der Waals surface area (Å²) in [5, 5.41) is 3.12. The Kier molecular flexibility index (Phi) is 3.44. The number of alkyl halides is 1. The van der Waals surface area contributed by atoms with Gasteiger partial charge in [-0.1, -0.05) is 18.2 Å². The molecule has 0 bridgehead atoms. The summed E-state index contributed by atoms with van der Waals surface area (Å²) in [6.07, 6.45) is 1.98. The van der Waals surface area contributed by atoms with Gasteiger partial charge in [-0.25, -0.2) is 4.39 Å². The monoisotopic (exact) mass is 223 g/mol. The molecule has 88 valence electrons. The molecule has 3 heteroatoms. The second-order valence-corrected chi connectivity index (χ2v) is 4.42. The number of nitrogens with one attached hydrogen (secondary N) is 1. The standard InChI is InChI=1S/C13H18FNO/c1-16-12-6-3-2-5-11(12)9-13(14)7-4-8-15-10-13/h2-3,5-6,15H,4,7-10H2,1H3. The van der Waals surface area contributed by atoms with E-state index >= 15 is 0 Å². The van der Waals surface area contributed by atoms with Gasteiger partial charge in [-0.2, -0.15) is 0 Å². The fraction of sp³-hybridized carbons (Fsp3) is 0.538. The summed E-state index contributed by atoms with van der Waals surface area (Å²) in [7, 11) is 1.63. The maximum absolute atomic E-state index is 14.5. The summed E-state index contributed by atoms with van der Waals surface area (Å²) in [6.45, 7) is 1.38. The number of hydrogen-bond donors (Lipinski definition) is 1. The Labute approximate surface area is 95.8 Å². The smallest absolute Gasteiger partial charge is 0.127 e. The molecule has 2 rings (SSSR count). The van der Waals surface area contributed by atoms with Crippen molar-refractivity contribution in [2.75, 3.05) is 20.2 Å². The molecule has 0 saturated carbocycles. The van der Waals surface area contributed by atoms with Crippen LogP contribution < -0.4 is 10.1 Å². The molecule has 1 saturated heterocycles. The van der Waals surface area contributed by atoms with Gasteiger partial charge in [0.2, 0.25) is 0 Å². The molecule has 1 heterocycles. The molecule has 0 aliphatic carbocycles. The first-order chi connectivity index (χ1) is 7.73. The molecule has 1 unspecified atom stereocenters. The molecule has 1 fully saturated rings. The first-order valence-corrected chi connectivity index (χ1v) is 5.75. The topological polar surface area (TPSA) is 21.3 Å². The van der Waals surface area contributed by atoms with Crippen molar-refractivity contribution in [3.63, 3.8) is 0 Å². The predicted octanol–water partition coefficient (Wildman–Crippen LogP) is 2.33. The second-order valence-electron chi connectivity index (χ2n) is 4.42. The van der Waals surface area contributed by atoms with Crippen LogP contribution in [-0.4, -0.2) is 25.9 Å². The summed E-state index contributed by atoms with van der Waals surface area (Å²) >= 11 is 0. The van der Waals surface area contributed by atoms with E-state index in [1.165, 1.54) is 0 Å². The highest BCUT2D eigenvalue weighted by atomic mass is 19.1. The van der Waals surface area contributed by atoms with Crippen LogP contribution in [0.2, 0.25) is 0 Å². The Bertz CT molecular complexity index is 348. The summed E-state index contributed by atoms with van der Waals surface area (Å²) < 4.78 is 19.7. The Morgan fingerprint density at radius 3 is 2.94 bits per heavy atom. The van der Waals surface area contributed by atoms with Gasteiger partial charge in [0.1, 0.15) is 11.4 Å². The van der Waals surface area contributed by atoms with E-state index in [-0.39, 0.29) is 0 Å². The number of ether oxygens (including phenoxy) is 1. The van der Waals surface area contributed by atoms with Crippen LogP contribution in [0.5, 0.6) is 5.75 Å². The van der Waals surface area contributed by atoms with Gasteiger partial charge < -0.3 is 10.1 Å². The van der Waals surface area contributed by atoms with Crippen molar-refractivity contribution in [2.24, 2.45) is 0 Å². The average molecular weight is 223 g/mol. The van der Waals surface area contributed by atoms with Crippen molar-refractivity contribution in [1.82, 2.24) is 5.32 Å². The highest BCUT2D eigenvalue weighted by Crippen LogP contribution is 2.29. The van der Waals surface area contributed by atoms with E-state index in [0.717, 1.165) is 24.3 Å². The molecule has 1 aromatic carbocycles. The van der Waals surface area contributed by atoms with Crippen molar-refractivity contribution in [3.8, 4) is 5.75 Å². The van der Waals surface area contributed by atoms with Crippen LogP contribution in [0.3, 0.4) is 0 Å². The van der Waals surface area contributed by atoms with E-state index in [1.807, 2.05) is 24.3 Å². The molecule has 0 spiro atoms. The van der Waals surface area contributed by atoms with Gasteiger partial charge in [0.05, 0.1) is 7.11 Å². The molecule has 2 nitrogen and oxygen atoms in total. The highest BCUT2D eigenvalue weighted by molar-refractivity contribution is 5.34. The van der Waals surface area contributed by atoms with Gasteiger partial charge in [0.25, 0.3) is 0 Å². The SMILES string of the molecule is COc1ccccc1CC1(F)CCCNC1. The molecular formula is C13H18FNO. The van der Waals surface area contributed by atoms with E-state index in [1.54, 1.807) is 7.11 Å². The zero-order valence-electron chi connectivity index (χ0n) is 9.63. The molecule has 0 radical (unpaired) electrons. The summed E-state index contributed by atoms with van der Waals surface area (Å²) in [4.78, 5) is 0. The third-order valence-corrected chi connectivity index (χ3v) is 3.12. The minimum absolute atomic E-state index is 0.435. The van der Waals surface area contributed by atoms with Gasteiger partial charge in [0.15, 0.2) is 0 Å². The molecule has 1 aliphatic rings. The van der Waals surface area contributed by atoms with Gasteiger partial charge in [-0.05, 0) is 31.0 Å². The van der Waals surface area contributed by atoms with Crippen molar-refractivity contribution in [3.05, 3.63) is 29.8 Å². The van der Waals surface area contributed by atoms with E-state index in [4.69, 9.17) is 4.74 Å². The largest absolute Gasteiger partial charge is 0.496 e. The molecule has 0 amide bonds. The van der Waals surface area contributed by atoms with Gasteiger partial charge in [-0.15, -0.1) is 0 Å². The lowest BCUT2D eigenvalue weighted by Gasteiger charge is -2.30. The molecule has 0 aromatic heterocycles. The van der Waals surface area contributed by atoms with Crippen molar-refractivity contribution in [1.29, 1.82) is 0 Å². The Hall–Kier alpha value is -1.09. The predicted molar refractivity (Wildman–Crippen MR) is 62.6 cm³/mol. The maximum Gasteiger partial charge on any atom is 0.127 e. The zero-order chi connectivity index (χ0) is 11.4. The number of benzene rings is 1. The van der Waals surface area contributed by atoms with Gasteiger partial charge in [-0.3, -0.25) is 0 Å². The molecule has 1 N–H and O–H groups in total. The van der Waals surface area contributed by atoms with Crippen molar-refractivity contribution >= 4 is 0 Å². The van der Waals surface area contributed by atoms with Crippen LogP contribution in [0.1, 0.15) is 18.4 Å². The number of methoxy groups -OCH3 is 1. The third kappa shape index (κ3) is 2.53. The van der Waals surface area contributed by atoms with E-state index in [2.05, 4.69) is 5.32 Å². The Balaban J connectivity index is 2.12. The Morgan fingerprint density at radius 2 is 2.25 bits per heavy atom. The highest BCUT2D eigenvalue weighted by Gasteiger charge is 2.32. The summed E-state index contributed by atoms with van der Waals surface area (Å²) in [5.74, 6) is 0.782. The number of para-hydroxylation sites is 1. The first kappa shape index (κ1) is 11.4. The lowest BCUT2D eigenvalue weighted by molar-refractivity contribution is 0.121. The summed E-state index contributed by atoms with van der Waals surface area (Å²) in [5.41, 5.74) is -0.163. The van der Waals surface area contributed by atoms with Crippen LogP contribution in [0.15, 0.2) is 24.3 Å². The zero-order valence-corrected chi connectivity index (χ0v) is 9.63. The lowest BCUT2D eigenvalue weighted by atomic mass is 9.89. The minimum Gasteiger partial charge on any atom is -0.496 e. The number of rotatable bonds is 3. The fourth-order valence-corrected chi connectivity index (χ4v) is 2.27. The second kappa shape index (κ2) is 4.83. The Morgan fingerprint density at radius 1 is 1.44 bits per heavy atom. The van der Waals surface area contributed by atoms with Crippen molar-refractivity contribution < 1.29 is 9.13 Å². The van der Waals surface area contributed by atoms with Crippen LogP contribution in [0, 0.1) is 0 Å². The molecule has 1 aromatic rings. The maximum atomic E-state index is 14.5. The molecule has 16 heavy (non-hydrogen) atoms. The van der Waals surface area contributed by atoms with Gasteiger partial charge >= 0.3 is 0 Å². The lowest BCUT2D eigenvalue weighted by Crippen LogP contribution is -2.43. The number of halogens is 1. The van der Waals surface area contributed by atoms with Crippen LogP contribution in [0.4, 0.5) is 4.39 Å². The number of piperidine rings is 1. The minimum atomic E-state index is -1.12. The van der Waals surface area contributed by atoms with E-state index in [9.17, 15) is 4.39 Å². The van der Waals surface area contributed by atoms with Crippen LogP contribution >= 0.6 is 0 Å². The third-order valence-electron chi connectivity index (χ3n) is 3.12. The molecule has 1 atom stereocenters. The van der Waals surface area contributed by atoms with Crippen molar-refractivity contribution in [2.45, 2.75) is 24.9 Å².